The van der Waals surface area contributed by atoms with Crippen LogP contribution in [0.15, 0.2) is 23.6 Å². The number of hydrogen-bond acceptors (Lipinski definition) is 4. The molecule has 0 spiro atoms. The van der Waals surface area contributed by atoms with E-state index in [2.05, 4.69) is 10.3 Å². The third-order valence-electron chi connectivity index (χ3n) is 4.10. The summed E-state index contributed by atoms with van der Waals surface area (Å²) in [5.41, 5.74) is 7.38. The Morgan fingerprint density at radius 2 is 1.92 bits per heavy atom. The largest absolute Gasteiger partial charge is 0.354 e. The van der Waals surface area contributed by atoms with Crippen molar-refractivity contribution < 1.29 is 4.79 Å². The Labute approximate surface area is 180 Å². The van der Waals surface area contributed by atoms with Crippen molar-refractivity contribution in [2.24, 2.45) is 5.73 Å². The SMILES string of the molecule is CCC(N)(CC)CNC(=O)Cc1csc(-c2ccc(Cl)cc2Cl)n1.Cl.Cl. The van der Waals surface area contributed by atoms with E-state index in [1.165, 1.54) is 11.3 Å². The average Bonchev–Trinajstić information content (AvgIpc) is 3.00. The molecule has 0 fully saturated rings. The maximum absolute atomic E-state index is 12.1. The molecule has 1 aromatic carbocycles. The summed E-state index contributed by atoms with van der Waals surface area (Å²) in [7, 11) is 0. The molecule has 0 aliphatic heterocycles. The Hall–Kier alpha value is -0.560. The van der Waals surface area contributed by atoms with E-state index < -0.39 is 0 Å². The summed E-state index contributed by atoms with van der Waals surface area (Å²) in [6, 6.07) is 5.29. The van der Waals surface area contributed by atoms with E-state index in [0.717, 1.165) is 23.4 Å². The number of halogens is 4. The number of benzene rings is 1. The fraction of sp³-hybridized carbons (Fsp3) is 0.412. The van der Waals surface area contributed by atoms with Crippen molar-refractivity contribution in [3.8, 4) is 10.6 Å². The van der Waals surface area contributed by atoms with Crippen molar-refractivity contribution in [3.63, 3.8) is 0 Å². The van der Waals surface area contributed by atoms with Crippen molar-refractivity contribution >= 4 is 65.3 Å². The predicted octanol–water partition coefficient (Wildman–Crippen LogP) is 5.14. The van der Waals surface area contributed by atoms with Gasteiger partial charge in [-0.3, -0.25) is 4.79 Å². The van der Waals surface area contributed by atoms with Gasteiger partial charge >= 0.3 is 0 Å². The van der Waals surface area contributed by atoms with Crippen molar-refractivity contribution in [2.75, 3.05) is 6.54 Å². The fourth-order valence-corrected chi connectivity index (χ4v) is 3.59. The molecule has 0 unspecified atom stereocenters. The second-order valence-electron chi connectivity index (χ2n) is 5.79. The smallest absolute Gasteiger partial charge is 0.226 e. The molecule has 0 aliphatic carbocycles. The molecule has 146 valence electrons. The van der Waals surface area contributed by atoms with Gasteiger partial charge in [0.2, 0.25) is 5.91 Å². The highest BCUT2D eigenvalue weighted by atomic mass is 35.5. The summed E-state index contributed by atoms with van der Waals surface area (Å²) >= 11 is 13.6. The van der Waals surface area contributed by atoms with E-state index in [1.54, 1.807) is 12.1 Å². The molecule has 2 rings (SSSR count). The lowest BCUT2D eigenvalue weighted by Gasteiger charge is -2.26. The van der Waals surface area contributed by atoms with E-state index in [4.69, 9.17) is 28.9 Å². The number of amides is 1. The van der Waals surface area contributed by atoms with E-state index in [0.29, 0.717) is 22.3 Å². The van der Waals surface area contributed by atoms with Crippen LogP contribution in [0, 0.1) is 0 Å². The van der Waals surface area contributed by atoms with Crippen molar-refractivity contribution in [1.82, 2.24) is 10.3 Å². The first-order chi connectivity index (χ1) is 11.4. The quantitative estimate of drug-likeness (QED) is 0.603. The zero-order valence-electron chi connectivity index (χ0n) is 14.6. The van der Waals surface area contributed by atoms with Gasteiger partial charge in [0.25, 0.3) is 0 Å². The first kappa shape index (κ1) is 25.4. The normalized spacial score (nSPS) is 10.7. The zero-order valence-corrected chi connectivity index (χ0v) is 18.5. The fourth-order valence-electron chi connectivity index (χ4n) is 2.18. The van der Waals surface area contributed by atoms with Gasteiger partial charge in [-0.15, -0.1) is 36.2 Å². The molecule has 1 aromatic heterocycles. The van der Waals surface area contributed by atoms with Crippen LogP contribution < -0.4 is 11.1 Å². The molecule has 0 saturated carbocycles. The summed E-state index contributed by atoms with van der Waals surface area (Å²) in [6.07, 6.45) is 1.87. The van der Waals surface area contributed by atoms with Gasteiger partial charge in [-0.1, -0.05) is 37.0 Å². The van der Waals surface area contributed by atoms with E-state index in [9.17, 15) is 4.79 Å². The minimum absolute atomic E-state index is 0. The Bertz CT molecular complexity index is 720. The monoisotopic (exact) mass is 457 g/mol. The number of thiazole rings is 1. The van der Waals surface area contributed by atoms with Gasteiger partial charge < -0.3 is 11.1 Å². The van der Waals surface area contributed by atoms with Crippen molar-refractivity contribution in [2.45, 2.75) is 38.6 Å². The minimum atomic E-state index is -0.347. The molecule has 1 heterocycles. The molecule has 26 heavy (non-hydrogen) atoms. The molecule has 0 radical (unpaired) electrons. The van der Waals surface area contributed by atoms with Gasteiger partial charge in [-0.25, -0.2) is 4.98 Å². The zero-order chi connectivity index (χ0) is 17.7. The minimum Gasteiger partial charge on any atom is -0.354 e. The third-order valence-corrected chi connectivity index (χ3v) is 5.57. The van der Waals surface area contributed by atoms with Crippen LogP contribution in [0.25, 0.3) is 10.6 Å². The topological polar surface area (TPSA) is 68.0 Å². The van der Waals surface area contributed by atoms with Crippen LogP contribution in [0.5, 0.6) is 0 Å². The number of nitrogens with zero attached hydrogens (tertiary/aromatic N) is 1. The van der Waals surface area contributed by atoms with E-state index >= 15 is 0 Å². The van der Waals surface area contributed by atoms with Gasteiger partial charge in [0.05, 0.1) is 17.1 Å². The molecule has 0 bridgehead atoms. The van der Waals surface area contributed by atoms with Crippen LogP contribution in [0.3, 0.4) is 0 Å². The van der Waals surface area contributed by atoms with Gasteiger partial charge in [0, 0.05) is 28.0 Å². The van der Waals surface area contributed by atoms with Crippen LogP contribution in [0.1, 0.15) is 32.4 Å². The summed E-state index contributed by atoms with van der Waals surface area (Å²) in [5, 5.41) is 6.67. The molecule has 2 aromatic rings. The number of rotatable bonds is 7. The standard InChI is InChI=1S/C17H21Cl2N3OS.2ClH/c1-3-17(20,4-2)10-21-15(23)8-12-9-24-16(22-12)13-6-5-11(18)7-14(13)19;;/h5-7,9H,3-4,8,10,20H2,1-2H3,(H,21,23);2*1H. The first-order valence-corrected chi connectivity index (χ1v) is 9.46. The van der Waals surface area contributed by atoms with Gasteiger partial charge in [-0.05, 0) is 31.0 Å². The maximum Gasteiger partial charge on any atom is 0.226 e. The van der Waals surface area contributed by atoms with Crippen molar-refractivity contribution in [1.29, 1.82) is 0 Å². The Morgan fingerprint density at radius 1 is 1.27 bits per heavy atom. The summed E-state index contributed by atoms with van der Waals surface area (Å²) < 4.78 is 0. The molecule has 0 atom stereocenters. The van der Waals surface area contributed by atoms with Gasteiger partial charge in [0.15, 0.2) is 0 Å². The summed E-state index contributed by atoms with van der Waals surface area (Å²) in [6.45, 7) is 4.52. The highest BCUT2D eigenvalue weighted by molar-refractivity contribution is 7.13. The Morgan fingerprint density at radius 3 is 2.50 bits per heavy atom. The number of nitrogens with one attached hydrogen (secondary N) is 1. The van der Waals surface area contributed by atoms with E-state index in [1.807, 2.05) is 25.3 Å². The molecular formula is C17H23Cl4N3OS. The third kappa shape index (κ3) is 6.87. The van der Waals surface area contributed by atoms with Crippen LogP contribution in [0.2, 0.25) is 10.0 Å². The predicted molar refractivity (Wildman–Crippen MR) is 116 cm³/mol. The Balaban J connectivity index is 0.00000312. The second kappa shape index (κ2) is 11.3. The Kier molecular flexibility index (Phi) is 11.1. The van der Waals surface area contributed by atoms with Gasteiger partial charge in [0.1, 0.15) is 5.01 Å². The average molecular weight is 459 g/mol. The van der Waals surface area contributed by atoms with Crippen LogP contribution in [0.4, 0.5) is 0 Å². The summed E-state index contributed by atoms with van der Waals surface area (Å²) in [5.74, 6) is -0.0780. The highest BCUT2D eigenvalue weighted by Crippen LogP contribution is 2.32. The number of aromatic nitrogens is 1. The highest BCUT2D eigenvalue weighted by Gasteiger charge is 2.21. The van der Waals surface area contributed by atoms with Crippen LogP contribution in [-0.4, -0.2) is 23.0 Å². The molecule has 3 N–H and O–H groups in total. The molecule has 0 saturated heterocycles. The maximum atomic E-state index is 12.1. The molecule has 1 amide bonds. The lowest BCUT2D eigenvalue weighted by Crippen LogP contribution is -2.49. The van der Waals surface area contributed by atoms with Crippen LogP contribution in [-0.2, 0) is 11.2 Å². The lowest BCUT2D eigenvalue weighted by molar-refractivity contribution is -0.120. The molecular weight excluding hydrogens is 436 g/mol. The number of carbonyl (C=O) groups excluding carboxylic acids is 1. The molecule has 4 nitrogen and oxygen atoms in total. The second-order valence-corrected chi connectivity index (χ2v) is 7.49. The lowest BCUT2D eigenvalue weighted by atomic mass is 9.94. The molecule has 9 heteroatoms. The number of nitrogens with two attached hydrogens (primary N) is 1. The number of hydrogen-bond donors (Lipinski definition) is 2. The van der Waals surface area contributed by atoms with Crippen molar-refractivity contribution in [3.05, 3.63) is 39.3 Å². The molecule has 0 aliphatic rings. The number of carbonyl (C=O) groups is 1. The first-order valence-electron chi connectivity index (χ1n) is 7.82. The summed E-state index contributed by atoms with van der Waals surface area (Å²) in [4.78, 5) is 16.6. The van der Waals surface area contributed by atoms with E-state index in [-0.39, 0.29) is 42.7 Å². The van der Waals surface area contributed by atoms with Gasteiger partial charge in [-0.2, -0.15) is 0 Å². The van der Waals surface area contributed by atoms with Crippen LogP contribution >= 0.6 is 59.4 Å².